The van der Waals surface area contributed by atoms with E-state index in [0.717, 1.165) is 30.9 Å². The Morgan fingerprint density at radius 1 is 1.03 bits per heavy atom. The molecule has 36 heavy (non-hydrogen) atoms. The van der Waals surface area contributed by atoms with Crippen molar-refractivity contribution in [2.24, 2.45) is 0 Å². The number of rotatable bonds is 7. The lowest BCUT2D eigenvalue weighted by Gasteiger charge is -2.41. The third kappa shape index (κ3) is 6.58. The second-order valence-electron chi connectivity index (χ2n) is 8.64. The number of hydrogen-bond acceptors (Lipinski definition) is 7. The van der Waals surface area contributed by atoms with Crippen LogP contribution in [0.4, 0.5) is 29.3 Å². The highest BCUT2D eigenvalue weighted by atomic mass is 19.4. The Morgan fingerprint density at radius 3 is 2.31 bits per heavy atom. The second kappa shape index (κ2) is 11.3. The fourth-order valence-electron chi connectivity index (χ4n) is 4.62. The van der Waals surface area contributed by atoms with E-state index in [0.29, 0.717) is 13.1 Å². The van der Waals surface area contributed by atoms with Crippen molar-refractivity contribution in [2.45, 2.75) is 30.7 Å². The van der Waals surface area contributed by atoms with Crippen LogP contribution in [-0.4, -0.2) is 91.2 Å². The molecule has 4 atom stereocenters. The van der Waals surface area contributed by atoms with Crippen molar-refractivity contribution in [2.75, 3.05) is 49.5 Å². The third-order valence-corrected chi connectivity index (χ3v) is 6.31. The molecule has 4 N–H and O–H groups in total. The van der Waals surface area contributed by atoms with Gasteiger partial charge in [-0.2, -0.15) is 0 Å². The maximum atomic E-state index is 12.4. The number of hydrogen-bond donors (Lipinski definition) is 4. The number of carbonyl (C=O) groups excluding carboxylic acids is 1. The van der Waals surface area contributed by atoms with Gasteiger partial charge in [-0.15, -0.1) is 13.2 Å². The van der Waals surface area contributed by atoms with E-state index in [4.69, 9.17) is 4.74 Å². The minimum atomic E-state index is -4.80. The highest BCUT2D eigenvalue weighted by molar-refractivity contribution is 5.89. The zero-order valence-electron chi connectivity index (χ0n) is 19.4. The Labute approximate surface area is 206 Å². The minimum absolute atomic E-state index is 0.0677. The molecule has 0 spiro atoms. The fraction of sp³-hybridized carbons (Fsp3) is 0.458. The standard InChI is InChI=1S/C24H29F3N4O5/c25-24(26,27)36-18-8-6-16(7-9-18)29-23(34)28-14-19-21(22(33)20(15-32)35-19)31-12-10-30(11-13-31)17-4-2-1-3-5-17/h1-9,19-22,32-33H,10-15H2,(H2,28,29,34)/t19-,20+,21+,22-/m1/s1. The summed E-state index contributed by atoms with van der Waals surface area (Å²) >= 11 is 0. The van der Waals surface area contributed by atoms with Crippen LogP contribution in [-0.2, 0) is 4.74 Å². The predicted molar refractivity (Wildman–Crippen MR) is 126 cm³/mol. The van der Waals surface area contributed by atoms with Crippen LogP contribution in [0, 0.1) is 0 Å². The molecule has 0 saturated carbocycles. The van der Waals surface area contributed by atoms with Gasteiger partial charge in [0.25, 0.3) is 0 Å². The third-order valence-electron chi connectivity index (χ3n) is 6.31. The maximum absolute atomic E-state index is 12.4. The Kier molecular flexibility index (Phi) is 8.19. The van der Waals surface area contributed by atoms with E-state index in [2.05, 4.69) is 25.2 Å². The molecule has 2 fully saturated rings. The molecule has 2 aromatic carbocycles. The van der Waals surface area contributed by atoms with Crippen LogP contribution in [0.1, 0.15) is 0 Å². The van der Waals surface area contributed by atoms with E-state index in [9.17, 15) is 28.2 Å². The van der Waals surface area contributed by atoms with E-state index in [1.165, 1.54) is 12.1 Å². The molecule has 2 saturated heterocycles. The lowest BCUT2D eigenvalue weighted by atomic mass is 10.0. The smallest absolute Gasteiger partial charge is 0.406 e. The summed E-state index contributed by atoms with van der Waals surface area (Å²) in [5.41, 5.74) is 1.40. The first-order chi connectivity index (χ1) is 17.2. The molecule has 196 valence electrons. The molecule has 0 bridgehead atoms. The molecular formula is C24H29F3N4O5. The molecule has 2 amide bonds. The van der Waals surface area contributed by atoms with Crippen LogP contribution < -0.4 is 20.3 Å². The van der Waals surface area contributed by atoms with Crippen LogP contribution in [0.5, 0.6) is 5.75 Å². The van der Waals surface area contributed by atoms with Gasteiger partial charge < -0.3 is 35.2 Å². The molecule has 2 aliphatic heterocycles. The summed E-state index contributed by atoms with van der Waals surface area (Å²) in [4.78, 5) is 16.7. The average molecular weight is 511 g/mol. The van der Waals surface area contributed by atoms with Gasteiger partial charge in [-0.1, -0.05) is 18.2 Å². The maximum Gasteiger partial charge on any atom is 0.573 e. The lowest BCUT2D eigenvalue weighted by Crippen LogP contribution is -2.57. The molecule has 0 radical (unpaired) electrons. The Balaban J connectivity index is 1.31. The SMILES string of the molecule is O=C(NC[C@H]1O[C@@H](CO)[C@@H](O)[C@H]1N1CCN(c2ccccc2)CC1)Nc1ccc(OC(F)(F)F)cc1. The number of urea groups is 1. The van der Waals surface area contributed by atoms with Gasteiger partial charge in [-0.3, -0.25) is 4.90 Å². The van der Waals surface area contributed by atoms with Crippen molar-refractivity contribution in [3.05, 3.63) is 54.6 Å². The van der Waals surface area contributed by atoms with Gasteiger partial charge in [-0.25, -0.2) is 4.79 Å². The number of nitrogens with zero attached hydrogens (tertiary/aromatic N) is 2. The predicted octanol–water partition coefficient (Wildman–Crippen LogP) is 2.02. The number of aliphatic hydroxyl groups is 2. The minimum Gasteiger partial charge on any atom is -0.406 e. The van der Waals surface area contributed by atoms with Crippen molar-refractivity contribution in [1.29, 1.82) is 0 Å². The summed E-state index contributed by atoms with van der Waals surface area (Å²) in [5, 5.41) is 25.6. The number of benzene rings is 2. The number of amides is 2. The molecule has 0 aromatic heterocycles. The van der Waals surface area contributed by atoms with Gasteiger partial charge in [0.05, 0.1) is 18.8 Å². The van der Waals surface area contributed by atoms with Crippen LogP contribution in [0.15, 0.2) is 54.6 Å². The van der Waals surface area contributed by atoms with Crippen molar-refractivity contribution >= 4 is 17.4 Å². The highest BCUT2D eigenvalue weighted by Gasteiger charge is 2.46. The van der Waals surface area contributed by atoms with Crippen LogP contribution in [0.3, 0.4) is 0 Å². The van der Waals surface area contributed by atoms with E-state index < -0.39 is 42.5 Å². The summed E-state index contributed by atoms with van der Waals surface area (Å²) in [6.07, 6.45) is -7.05. The molecule has 12 heteroatoms. The van der Waals surface area contributed by atoms with Crippen LogP contribution >= 0.6 is 0 Å². The molecule has 0 aliphatic carbocycles. The van der Waals surface area contributed by atoms with Crippen molar-refractivity contribution in [1.82, 2.24) is 10.2 Å². The van der Waals surface area contributed by atoms with E-state index in [1.807, 2.05) is 30.3 Å². The molecule has 4 rings (SSSR count). The number of halogens is 3. The van der Waals surface area contributed by atoms with Gasteiger partial charge in [0, 0.05) is 44.1 Å². The lowest BCUT2D eigenvalue weighted by molar-refractivity contribution is -0.274. The quantitative estimate of drug-likeness (QED) is 0.452. The summed E-state index contributed by atoms with van der Waals surface area (Å²) in [6, 6.07) is 13.8. The Bertz CT molecular complexity index is 987. The fourth-order valence-corrected chi connectivity index (χ4v) is 4.62. The second-order valence-corrected chi connectivity index (χ2v) is 8.64. The largest absolute Gasteiger partial charge is 0.573 e. The number of piperazine rings is 1. The highest BCUT2D eigenvalue weighted by Crippen LogP contribution is 2.28. The summed E-state index contributed by atoms with van der Waals surface area (Å²) in [5.74, 6) is -0.396. The molecule has 2 aromatic rings. The summed E-state index contributed by atoms with van der Waals surface area (Å²) in [7, 11) is 0. The van der Waals surface area contributed by atoms with Gasteiger partial charge in [0.2, 0.25) is 0 Å². The topological polar surface area (TPSA) is 107 Å². The normalized spacial score (nSPS) is 25.0. The van der Waals surface area contributed by atoms with E-state index in [1.54, 1.807) is 0 Å². The zero-order valence-corrected chi connectivity index (χ0v) is 19.4. The molecular weight excluding hydrogens is 481 g/mol. The molecule has 0 unspecified atom stereocenters. The molecule has 2 heterocycles. The monoisotopic (exact) mass is 510 g/mol. The first-order valence-corrected chi connectivity index (χ1v) is 11.6. The Morgan fingerprint density at radius 2 is 1.69 bits per heavy atom. The van der Waals surface area contributed by atoms with E-state index >= 15 is 0 Å². The van der Waals surface area contributed by atoms with Gasteiger partial charge in [-0.05, 0) is 36.4 Å². The Hall–Kier alpha value is -3.06. The first-order valence-electron chi connectivity index (χ1n) is 11.6. The average Bonchev–Trinajstić information content (AvgIpc) is 3.19. The number of carbonyl (C=O) groups is 1. The number of anilines is 2. The van der Waals surface area contributed by atoms with Gasteiger partial charge in [0.1, 0.15) is 18.0 Å². The summed E-state index contributed by atoms with van der Waals surface area (Å²) in [6.45, 7) is 2.58. The van der Waals surface area contributed by atoms with Crippen LogP contribution in [0.25, 0.3) is 0 Å². The van der Waals surface area contributed by atoms with Gasteiger partial charge >= 0.3 is 12.4 Å². The number of alkyl halides is 3. The zero-order chi connectivity index (χ0) is 25.7. The number of ether oxygens (including phenoxy) is 2. The van der Waals surface area contributed by atoms with E-state index in [-0.39, 0.29) is 18.8 Å². The number of para-hydroxylation sites is 1. The summed E-state index contributed by atoms with van der Waals surface area (Å²) < 4.78 is 46.5. The number of nitrogens with one attached hydrogen (secondary N) is 2. The van der Waals surface area contributed by atoms with Crippen LogP contribution in [0.2, 0.25) is 0 Å². The number of aliphatic hydroxyl groups excluding tert-OH is 2. The van der Waals surface area contributed by atoms with Crippen molar-refractivity contribution in [3.63, 3.8) is 0 Å². The molecule has 2 aliphatic rings. The van der Waals surface area contributed by atoms with Crippen molar-refractivity contribution < 1.29 is 37.7 Å². The first kappa shape index (κ1) is 26.0. The van der Waals surface area contributed by atoms with Gasteiger partial charge in [0.15, 0.2) is 0 Å². The molecule has 9 nitrogen and oxygen atoms in total. The van der Waals surface area contributed by atoms with Crippen molar-refractivity contribution in [3.8, 4) is 5.75 Å².